The van der Waals surface area contributed by atoms with Gasteiger partial charge < -0.3 is 0 Å². The average Bonchev–Trinajstić information content (AvgIpc) is 2.69. The van der Waals surface area contributed by atoms with Gasteiger partial charge in [0.2, 0.25) is 0 Å². The summed E-state index contributed by atoms with van der Waals surface area (Å²) in [6.45, 7) is 29.6. The van der Waals surface area contributed by atoms with Crippen molar-refractivity contribution in [1.82, 2.24) is 29.8 Å². The Balaban J connectivity index is 3.23. The van der Waals surface area contributed by atoms with Gasteiger partial charge >= 0.3 is 0 Å². The summed E-state index contributed by atoms with van der Waals surface area (Å²) in [6, 6.07) is 0. The van der Waals surface area contributed by atoms with E-state index in [0.717, 1.165) is 52.4 Å². The summed E-state index contributed by atoms with van der Waals surface area (Å²) in [5.74, 6) is 0. The first kappa shape index (κ1) is 24.8. The van der Waals surface area contributed by atoms with Crippen molar-refractivity contribution in [3.05, 3.63) is 0 Å². The molecule has 0 aliphatic carbocycles. The summed E-state index contributed by atoms with van der Waals surface area (Å²) in [5, 5.41) is 7.85. The minimum absolute atomic E-state index is 0.358. The van der Waals surface area contributed by atoms with Gasteiger partial charge in [-0.05, 0) is 66.5 Å². The number of hydrazine groups is 2. The Bertz CT molecular complexity index is 355. The molecular weight excluding hydrogens is 336 g/mol. The summed E-state index contributed by atoms with van der Waals surface area (Å²) in [6.07, 6.45) is 2.39. The Labute approximate surface area is 170 Å². The van der Waals surface area contributed by atoms with Crippen LogP contribution in [0.5, 0.6) is 0 Å². The molecule has 0 bridgehead atoms. The first-order chi connectivity index (χ1) is 12.9. The first-order valence-corrected chi connectivity index (χ1v) is 11.5. The van der Waals surface area contributed by atoms with E-state index in [1.807, 2.05) is 0 Å². The summed E-state index contributed by atoms with van der Waals surface area (Å²) in [5.41, 5.74) is 0. The Hall–Kier alpha value is -0.240. The minimum atomic E-state index is 0.358. The van der Waals surface area contributed by atoms with E-state index in [9.17, 15) is 0 Å². The maximum Gasteiger partial charge on any atom is 0.0893 e. The molecule has 1 heterocycles. The molecule has 3 unspecified atom stereocenters. The molecule has 0 aromatic rings. The number of hydrogen-bond donors (Lipinski definition) is 0. The predicted octanol–water partition coefficient (Wildman–Crippen LogP) is 3.19. The topological polar surface area (TPSA) is 19.4 Å². The van der Waals surface area contributed by atoms with Crippen LogP contribution in [0.4, 0.5) is 0 Å². The summed E-state index contributed by atoms with van der Waals surface area (Å²) in [7, 11) is 0. The number of rotatable bonds is 12. The fraction of sp³-hybridized carbons (Fsp3) is 1.00. The molecule has 0 spiro atoms. The Kier molecular flexibility index (Phi) is 11.3. The lowest BCUT2D eigenvalue weighted by Crippen LogP contribution is -2.71. The molecule has 0 aromatic heterocycles. The summed E-state index contributed by atoms with van der Waals surface area (Å²) in [4.78, 5) is 7.69. The molecule has 1 aliphatic rings. The fourth-order valence-electron chi connectivity index (χ4n) is 4.67. The van der Waals surface area contributed by atoms with Crippen molar-refractivity contribution in [3.8, 4) is 0 Å². The second kappa shape index (κ2) is 12.3. The smallest absolute Gasteiger partial charge is 0.0893 e. The van der Waals surface area contributed by atoms with Gasteiger partial charge in [-0.15, -0.1) is 0 Å². The van der Waals surface area contributed by atoms with Gasteiger partial charge in [-0.25, -0.2) is 10.0 Å². The van der Waals surface area contributed by atoms with Gasteiger partial charge in [0.1, 0.15) is 0 Å². The van der Waals surface area contributed by atoms with Gasteiger partial charge in [-0.2, -0.15) is 5.12 Å². The molecule has 0 N–H and O–H groups in total. The molecule has 3 atom stereocenters. The van der Waals surface area contributed by atoms with Crippen LogP contribution in [0.2, 0.25) is 0 Å². The molecule has 162 valence electrons. The van der Waals surface area contributed by atoms with E-state index in [1.54, 1.807) is 0 Å². The monoisotopic (exact) mass is 384 g/mol. The van der Waals surface area contributed by atoms with Crippen molar-refractivity contribution in [1.29, 1.82) is 0 Å². The van der Waals surface area contributed by atoms with E-state index >= 15 is 0 Å². The van der Waals surface area contributed by atoms with Crippen LogP contribution in [0.1, 0.15) is 68.7 Å². The second-order valence-corrected chi connectivity index (χ2v) is 7.56. The second-order valence-electron chi connectivity index (χ2n) is 7.56. The first-order valence-electron chi connectivity index (χ1n) is 11.5. The van der Waals surface area contributed by atoms with E-state index in [-0.39, 0.29) is 0 Å². The van der Waals surface area contributed by atoms with Crippen LogP contribution in [0, 0.1) is 0 Å². The summed E-state index contributed by atoms with van der Waals surface area (Å²) < 4.78 is 0. The van der Waals surface area contributed by atoms with Crippen LogP contribution < -0.4 is 0 Å². The van der Waals surface area contributed by atoms with Crippen LogP contribution in [0.25, 0.3) is 0 Å². The van der Waals surface area contributed by atoms with Gasteiger partial charge in [0.25, 0.3) is 0 Å². The van der Waals surface area contributed by atoms with Crippen molar-refractivity contribution in [2.45, 2.75) is 87.2 Å². The zero-order chi connectivity index (χ0) is 20.6. The van der Waals surface area contributed by atoms with Crippen molar-refractivity contribution >= 4 is 0 Å². The lowest BCUT2D eigenvalue weighted by molar-refractivity contribution is -0.308. The molecule has 1 saturated heterocycles. The Morgan fingerprint density at radius 2 is 0.852 bits per heavy atom. The van der Waals surface area contributed by atoms with E-state index < -0.39 is 0 Å². The van der Waals surface area contributed by atoms with Gasteiger partial charge in [0.15, 0.2) is 0 Å². The maximum atomic E-state index is 2.62. The van der Waals surface area contributed by atoms with Gasteiger partial charge in [0, 0.05) is 13.1 Å². The van der Waals surface area contributed by atoms with Crippen molar-refractivity contribution < 1.29 is 0 Å². The van der Waals surface area contributed by atoms with Crippen molar-refractivity contribution in [2.24, 2.45) is 0 Å². The molecule has 0 amide bonds. The quantitative estimate of drug-likeness (QED) is 0.511. The molecule has 6 nitrogen and oxygen atoms in total. The van der Waals surface area contributed by atoms with Crippen LogP contribution in [-0.4, -0.2) is 101 Å². The Morgan fingerprint density at radius 1 is 0.556 bits per heavy atom. The number of hydrogen-bond acceptors (Lipinski definition) is 6. The van der Waals surface area contributed by atoms with Crippen LogP contribution >= 0.6 is 0 Å². The molecule has 0 aromatic carbocycles. The van der Waals surface area contributed by atoms with Gasteiger partial charge in [0.05, 0.1) is 18.5 Å². The van der Waals surface area contributed by atoms with Crippen LogP contribution in [0.15, 0.2) is 0 Å². The third kappa shape index (κ3) is 5.87. The summed E-state index contributed by atoms with van der Waals surface area (Å²) >= 11 is 0. The highest BCUT2D eigenvalue weighted by Gasteiger charge is 2.39. The fourth-order valence-corrected chi connectivity index (χ4v) is 4.67. The van der Waals surface area contributed by atoms with Crippen molar-refractivity contribution in [2.75, 3.05) is 52.4 Å². The zero-order valence-electron chi connectivity index (χ0n) is 19.8. The minimum Gasteiger partial charge on any atom is -0.288 e. The normalized spacial score (nSPS) is 21.3. The van der Waals surface area contributed by atoms with Gasteiger partial charge in [-0.3, -0.25) is 14.7 Å². The highest BCUT2D eigenvalue weighted by atomic mass is 15.9. The number of nitrogens with zero attached hydrogens (tertiary/aromatic N) is 6. The highest BCUT2D eigenvalue weighted by Crippen LogP contribution is 2.25. The van der Waals surface area contributed by atoms with Crippen molar-refractivity contribution in [3.63, 3.8) is 0 Å². The molecule has 1 fully saturated rings. The molecule has 1 aliphatic heterocycles. The highest BCUT2D eigenvalue weighted by molar-refractivity contribution is 4.79. The average molecular weight is 385 g/mol. The molecule has 0 radical (unpaired) electrons. The SMILES string of the molecule is CCN(CC)C(C)N1CCCN(C(C)N(CC)CC)N1C(C)N(CC)CC. The lowest BCUT2D eigenvalue weighted by atomic mass is 10.2. The van der Waals surface area contributed by atoms with E-state index in [2.05, 4.69) is 92.1 Å². The molecule has 6 heteroatoms. The standard InChI is InChI=1S/C21H48N6/c1-10-22(11-2)19(7)25-17-16-18-26(20(8)23(12-3)13-4)27(25)21(9)24(14-5)15-6/h19-21H,10-18H2,1-9H3. The molecule has 1 rings (SSSR count). The predicted molar refractivity (Wildman–Crippen MR) is 117 cm³/mol. The largest absolute Gasteiger partial charge is 0.288 e. The third-order valence-electron chi connectivity index (χ3n) is 6.52. The lowest BCUT2D eigenvalue weighted by Gasteiger charge is -2.57. The zero-order valence-corrected chi connectivity index (χ0v) is 19.8. The van der Waals surface area contributed by atoms with Gasteiger partial charge in [-0.1, -0.05) is 41.5 Å². The van der Waals surface area contributed by atoms with Crippen LogP contribution in [0.3, 0.4) is 0 Å². The Morgan fingerprint density at radius 3 is 1.15 bits per heavy atom. The molecule has 27 heavy (non-hydrogen) atoms. The third-order valence-corrected chi connectivity index (χ3v) is 6.52. The molecule has 0 saturated carbocycles. The van der Waals surface area contributed by atoms with E-state index in [0.29, 0.717) is 18.5 Å². The van der Waals surface area contributed by atoms with E-state index in [4.69, 9.17) is 0 Å². The van der Waals surface area contributed by atoms with Crippen LogP contribution in [-0.2, 0) is 0 Å². The van der Waals surface area contributed by atoms with E-state index in [1.165, 1.54) is 6.42 Å². The maximum absolute atomic E-state index is 2.62. The molecular formula is C21H48N6.